The minimum Gasteiger partial charge on any atom is -0.399 e. The van der Waals surface area contributed by atoms with E-state index >= 15 is 0 Å². The van der Waals surface area contributed by atoms with Crippen LogP contribution >= 0.6 is 11.8 Å². The average molecular weight is 277 g/mol. The highest BCUT2D eigenvalue weighted by molar-refractivity contribution is 7.99. The number of amides is 1. The van der Waals surface area contributed by atoms with Gasteiger partial charge in [-0.3, -0.25) is 4.79 Å². The van der Waals surface area contributed by atoms with E-state index in [-0.39, 0.29) is 5.91 Å². The first kappa shape index (κ1) is 12.7. The van der Waals surface area contributed by atoms with E-state index in [9.17, 15) is 4.79 Å². The quantitative estimate of drug-likeness (QED) is 0.838. The van der Waals surface area contributed by atoms with Crippen LogP contribution in [0.1, 0.15) is 12.8 Å². The predicted octanol–water partition coefficient (Wildman–Crippen LogP) is 1.80. The molecule has 0 aromatic heterocycles. The van der Waals surface area contributed by atoms with Gasteiger partial charge in [0, 0.05) is 36.0 Å². The van der Waals surface area contributed by atoms with Crippen LogP contribution in [-0.4, -0.2) is 42.7 Å². The third-order valence-corrected chi connectivity index (χ3v) is 4.77. The van der Waals surface area contributed by atoms with E-state index in [0.717, 1.165) is 49.6 Å². The molecule has 3 rings (SSSR count). The van der Waals surface area contributed by atoms with Gasteiger partial charge in [0.15, 0.2) is 0 Å². The summed E-state index contributed by atoms with van der Waals surface area (Å²) >= 11 is 1.84. The molecule has 0 atom stereocenters. The summed E-state index contributed by atoms with van der Waals surface area (Å²) in [6.07, 6.45) is 2.29. The van der Waals surface area contributed by atoms with E-state index in [0.29, 0.717) is 6.54 Å². The summed E-state index contributed by atoms with van der Waals surface area (Å²) in [5, 5.41) is 0. The average Bonchev–Trinajstić information content (AvgIpc) is 2.93. The molecule has 2 aliphatic heterocycles. The highest BCUT2D eigenvalue weighted by Gasteiger charge is 2.24. The van der Waals surface area contributed by atoms with Crippen molar-refractivity contribution in [1.82, 2.24) is 4.90 Å². The van der Waals surface area contributed by atoms with Gasteiger partial charge in [-0.25, -0.2) is 0 Å². The molecule has 2 heterocycles. The number of nitrogen functional groups attached to an aromatic ring is 1. The molecule has 0 saturated carbocycles. The lowest BCUT2D eigenvalue weighted by atomic mass is 10.2. The van der Waals surface area contributed by atoms with Gasteiger partial charge in [0.05, 0.1) is 12.2 Å². The summed E-state index contributed by atoms with van der Waals surface area (Å²) < 4.78 is 0. The van der Waals surface area contributed by atoms with Crippen LogP contribution < -0.4 is 10.6 Å². The summed E-state index contributed by atoms with van der Waals surface area (Å²) in [6.45, 7) is 3.24. The van der Waals surface area contributed by atoms with E-state index in [1.807, 2.05) is 28.8 Å². The van der Waals surface area contributed by atoms with Gasteiger partial charge in [-0.05, 0) is 31.0 Å². The third-order valence-electron chi connectivity index (χ3n) is 3.73. The number of likely N-dealkylation sites (tertiary alicyclic amines) is 1. The number of thioether (sulfide) groups is 1. The summed E-state index contributed by atoms with van der Waals surface area (Å²) in [6, 6.07) is 5.97. The summed E-state index contributed by atoms with van der Waals surface area (Å²) in [5.74, 6) is 1.28. The zero-order chi connectivity index (χ0) is 13.2. The van der Waals surface area contributed by atoms with Crippen molar-refractivity contribution >= 4 is 29.0 Å². The fourth-order valence-corrected chi connectivity index (χ4v) is 3.72. The zero-order valence-electron chi connectivity index (χ0n) is 11.0. The molecular formula is C14H19N3OS. The molecule has 1 aromatic rings. The highest BCUT2D eigenvalue weighted by atomic mass is 32.2. The van der Waals surface area contributed by atoms with Crippen molar-refractivity contribution in [1.29, 1.82) is 0 Å². The Morgan fingerprint density at radius 3 is 2.84 bits per heavy atom. The first-order chi connectivity index (χ1) is 9.24. The Labute approximate surface area is 117 Å². The van der Waals surface area contributed by atoms with Gasteiger partial charge in [0.25, 0.3) is 0 Å². The topological polar surface area (TPSA) is 49.6 Å². The van der Waals surface area contributed by atoms with Crippen LogP contribution in [0, 0.1) is 0 Å². The number of carbonyl (C=O) groups excluding carboxylic acids is 1. The van der Waals surface area contributed by atoms with Crippen LogP contribution in [0.3, 0.4) is 0 Å². The van der Waals surface area contributed by atoms with Gasteiger partial charge in [0.2, 0.25) is 5.91 Å². The van der Waals surface area contributed by atoms with Crippen LogP contribution in [0.2, 0.25) is 0 Å². The Hall–Kier alpha value is -1.36. The largest absolute Gasteiger partial charge is 0.399 e. The second-order valence-electron chi connectivity index (χ2n) is 5.09. The maximum absolute atomic E-state index is 12.3. The molecule has 19 heavy (non-hydrogen) atoms. The fraction of sp³-hybridized carbons (Fsp3) is 0.500. The van der Waals surface area contributed by atoms with Gasteiger partial charge in [-0.1, -0.05) is 0 Å². The number of nitrogens with two attached hydrogens (primary N) is 1. The van der Waals surface area contributed by atoms with Crippen molar-refractivity contribution in [3.05, 3.63) is 18.2 Å². The number of benzene rings is 1. The van der Waals surface area contributed by atoms with E-state index < -0.39 is 0 Å². The molecule has 2 aliphatic rings. The second kappa shape index (κ2) is 5.33. The Bertz CT molecular complexity index is 486. The molecule has 0 spiro atoms. The Morgan fingerprint density at radius 1 is 1.26 bits per heavy atom. The van der Waals surface area contributed by atoms with Gasteiger partial charge < -0.3 is 15.5 Å². The molecule has 0 bridgehead atoms. The lowest BCUT2D eigenvalue weighted by molar-refractivity contribution is -0.128. The summed E-state index contributed by atoms with van der Waals surface area (Å²) in [5.41, 5.74) is 7.74. The molecule has 2 N–H and O–H groups in total. The number of hydrogen-bond donors (Lipinski definition) is 1. The third kappa shape index (κ3) is 2.66. The Kier molecular flexibility index (Phi) is 3.55. The van der Waals surface area contributed by atoms with Crippen molar-refractivity contribution < 1.29 is 4.79 Å². The number of fused-ring (bicyclic) bond motifs is 1. The molecule has 0 radical (unpaired) electrons. The highest BCUT2D eigenvalue weighted by Crippen LogP contribution is 2.35. The van der Waals surface area contributed by atoms with Gasteiger partial charge in [-0.2, -0.15) is 0 Å². The van der Waals surface area contributed by atoms with Crippen molar-refractivity contribution in [3.63, 3.8) is 0 Å². The minimum absolute atomic E-state index is 0.248. The monoisotopic (exact) mass is 277 g/mol. The lowest BCUT2D eigenvalue weighted by Gasteiger charge is -2.31. The van der Waals surface area contributed by atoms with E-state index in [1.54, 1.807) is 0 Å². The standard InChI is InChI=1S/C14H19N3OS/c15-11-3-4-13-12(9-11)17(7-8-19-13)10-14(18)16-5-1-2-6-16/h3-4,9H,1-2,5-8,10,15H2. The van der Waals surface area contributed by atoms with Crippen molar-refractivity contribution in [2.45, 2.75) is 17.7 Å². The predicted molar refractivity (Wildman–Crippen MR) is 79.6 cm³/mol. The zero-order valence-corrected chi connectivity index (χ0v) is 11.8. The van der Waals surface area contributed by atoms with Crippen LogP contribution in [0.15, 0.2) is 23.1 Å². The number of carbonyl (C=O) groups is 1. The number of nitrogens with zero attached hydrogens (tertiary/aromatic N) is 2. The lowest BCUT2D eigenvalue weighted by Crippen LogP contribution is -2.41. The molecule has 1 aromatic carbocycles. The molecule has 0 aliphatic carbocycles. The maximum Gasteiger partial charge on any atom is 0.242 e. The normalized spacial score (nSPS) is 18.5. The fourth-order valence-electron chi connectivity index (χ4n) is 2.68. The molecule has 0 unspecified atom stereocenters. The molecule has 1 amide bonds. The van der Waals surface area contributed by atoms with Crippen molar-refractivity contribution in [2.75, 3.05) is 42.6 Å². The van der Waals surface area contributed by atoms with E-state index in [1.165, 1.54) is 4.90 Å². The smallest absolute Gasteiger partial charge is 0.242 e. The Balaban J connectivity index is 1.75. The summed E-state index contributed by atoms with van der Waals surface area (Å²) in [7, 11) is 0. The number of anilines is 2. The first-order valence-corrected chi connectivity index (χ1v) is 7.77. The summed E-state index contributed by atoms with van der Waals surface area (Å²) in [4.78, 5) is 17.6. The molecule has 5 heteroatoms. The van der Waals surface area contributed by atoms with Gasteiger partial charge in [0.1, 0.15) is 0 Å². The van der Waals surface area contributed by atoms with Gasteiger partial charge in [-0.15, -0.1) is 11.8 Å². The van der Waals surface area contributed by atoms with Crippen molar-refractivity contribution in [2.24, 2.45) is 0 Å². The SMILES string of the molecule is Nc1ccc2c(c1)N(CC(=O)N1CCCC1)CCS2. The van der Waals surface area contributed by atoms with Crippen molar-refractivity contribution in [3.8, 4) is 0 Å². The van der Waals surface area contributed by atoms with E-state index in [2.05, 4.69) is 11.0 Å². The maximum atomic E-state index is 12.3. The molecule has 102 valence electrons. The second-order valence-corrected chi connectivity index (χ2v) is 6.22. The van der Waals surface area contributed by atoms with Crippen LogP contribution in [-0.2, 0) is 4.79 Å². The minimum atomic E-state index is 0.248. The van der Waals surface area contributed by atoms with Crippen LogP contribution in [0.4, 0.5) is 11.4 Å². The van der Waals surface area contributed by atoms with Crippen LogP contribution in [0.5, 0.6) is 0 Å². The molecule has 4 nitrogen and oxygen atoms in total. The van der Waals surface area contributed by atoms with E-state index in [4.69, 9.17) is 5.73 Å². The molecule has 1 saturated heterocycles. The molecule has 1 fully saturated rings. The molecular weight excluding hydrogens is 258 g/mol. The number of rotatable bonds is 2. The van der Waals surface area contributed by atoms with Gasteiger partial charge >= 0.3 is 0 Å². The Morgan fingerprint density at radius 2 is 2.05 bits per heavy atom. The number of hydrogen-bond acceptors (Lipinski definition) is 4. The van der Waals surface area contributed by atoms with Crippen LogP contribution in [0.25, 0.3) is 0 Å². The first-order valence-electron chi connectivity index (χ1n) is 6.79.